The third kappa shape index (κ3) is 2.98. The Bertz CT molecular complexity index is 507. The summed E-state index contributed by atoms with van der Waals surface area (Å²) in [6, 6.07) is 11.3. The van der Waals surface area contributed by atoms with Gasteiger partial charge < -0.3 is 5.32 Å². The Morgan fingerprint density at radius 3 is 2.50 bits per heavy atom. The van der Waals surface area contributed by atoms with Gasteiger partial charge in [0.2, 0.25) is 0 Å². The molecule has 3 heteroatoms. The second kappa shape index (κ2) is 6.12. The fourth-order valence-electron chi connectivity index (χ4n) is 2.05. The lowest BCUT2D eigenvalue weighted by Gasteiger charge is -2.16. The van der Waals surface area contributed by atoms with Crippen LogP contribution in [0, 0.1) is 5.82 Å². The van der Waals surface area contributed by atoms with Gasteiger partial charge in [0.25, 0.3) is 0 Å². The first-order valence-electron chi connectivity index (χ1n) is 6.24. The van der Waals surface area contributed by atoms with Crippen LogP contribution < -0.4 is 5.32 Å². The Balaban J connectivity index is 2.17. The summed E-state index contributed by atoms with van der Waals surface area (Å²) in [5.41, 5.74) is 0.742. The van der Waals surface area contributed by atoms with Gasteiger partial charge in [0.15, 0.2) is 0 Å². The average molecular weight is 263 g/mol. The monoisotopic (exact) mass is 263 g/mol. The van der Waals surface area contributed by atoms with Gasteiger partial charge in [0, 0.05) is 27.8 Å². The zero-order valence-corrected chi connectivity index (χ0v) is 11.6. The normalized spacial score (nSPS) is 12.6. The lowest BCUT2D eigenvalue weighted by atomic mass is 10.0. The molecule has 0 radical (unpaired) electrons. The third-order valence-corrected chi connectivity index (χ3v) is 4.35. The molecule has 1 unspecified atom stereocenters. The maximum atomic E-state index is 13.8. The second-order valence-electron chi connectivity index (χ2n) is 4.29. The van der Waals surface area contributed by atoms with Gasteiger partial charge in [-0.15, -0.1) is 11.3 Å². The number of aryl methyl sites for hydroxylation is 1. The maximum Gasteiger partial charge on any atom is 0.127 e. The van der Waals surface area contributed by atoms with E-state index in [0.717, 1.165) is 18.4 Å². The van der Waals surface area contributed by atoms with E-state index < -0.39 is 0 Å². The minimum atomic E-state index is -0.135. The van der Waals surface area contributed by atoms with E-state index in [1.165, 1.54) is 15.8 Å². The summed E-state index contributed by atoms with van der Waals surface area (Å²) in [5, 5.41) is 3.20. The molecule has 0 saturated heterocycles. The molecule has 0 saturated carbocycles. The number of halogens is 1. The maximum absolute atomic E-state index is 13.8. The van der Waals surface area contributed by atoms with E-state index in [9.17, 15) is 4.39 Å². The fraction of sp³-hybridized carbons (Fsp3) is 0.333. The molecular weight excluding hydrogens is 245 g/mol. The van der Waals surface area contributed by atoms with Gasteiger partial charge in [-0.25, -0.2) is 4.39 Å². The lowest BCUT2D eigenvalue weighted by Crippen LogP contribution is -2.19. The van der Waals surface area contributed by atoms with Crippen LogP contribution in [0.3, 0.4) is 0 Å². The van der Waals surface area contributed by atoms with E-state index in [2.05, 4.69) is 24.4 Å². The smallest absolute Gasteiger partial charge is 0.127 e. The van der Waals surface area contributed by atoms with Crippen molar-refractivity contribution in [2.75, 3.05) is 7.05 Å². The van der Waals surface area contributed by atoms with Crippen LogP contribution in [0.1, 0.15) is 28.3 Å². The van der Waals surface area contributed by atoms with Crippen LogP contribution in [-0.2, 0) is 12.8 Å². The Hall–Kier alpha value is -1.19. The molecule has 0 aliphatic heterocycles. The molecule has 0 amide bonds. The van der Waals surface area contributed by atoms with Gasteiger partial charge in [0.1, 0.15) is 5.82 Å². The molecule has 0 bridgehead atoms. The van der Waals surface area contributed by atoms with E-state index in [0.29, 0.717) is 0 Å². The molecule has 1 heterocycles. The first-order valence-corrected chi connectivity index (χ1v) is 7.05. The number of rotatable bonds is 5. The van der Waals surface area contributed by atoms with E-state index in [-0.39, 0.29) is 11.9 Å². The minimum Gasteiger partial charge on any atom is -0.313 e. The summed E-state index contributed by atoms with van der Waals surface area (Å²) in [7, 11) is 1.88. The molecule has 1 aromatic carbocycles. The van der Waals surface area contributed by atoms with E-state index >= 15 is 0 Å². The molecular formula is C15H18FNS. The quantitative estimate of drug-likeness (QED) is 0.861. The van der Waals surface area contributed by atoms with Crippen LogP contribution >= 0.6 is 11.3 Å². The van der Waals surface area contributed by atoms with Gasteiger partial charge in [-0.2, -0.15) is 0 Å². The highest BCUT2D eigenvalue weighted by Gasteiger charge is 2.14. The summed E-state index contributed by atoms with van der Waals surface area (Å²) < 4.78 is 13.8. The molecule has 1 N–H and O–H groups in total. The van der Waals surface area contributed by atoms with Gasteiger partial charge in [0.05, 0.1) is 0 Å². The molecule has 1 atom stereocenters. The summed E-state index contributed by atoms with van der Waals surface area (Å²) >= 11 is 1.81. The highest BCUT2D eigenvalue weighted by atomic mass is 32.1. The number of benzene rings is 1. The number of hydrogen-bond acceptors (Lipinski definition) is 2. The zero-order chi connectivity index (χ0) is 13.0. The number of thiophene rings is 1. The fourth-order valence-corrected chi connectivity index (χ4v) is 3.05. The van der Waals surface area contributed by atoms with Gasteiger partial charge in [-0.3, -0.25) is 0 Å². The SMILES string of the molecule is CCc1ccc(CC(NC)c2ccccc2F)s1. The molecule has 0 aliphatic rings. The molecule has 18 heavy (non-hydrogen) atoms. The van der Waals surface area contributed by atoms with Crippen LogP contribution in [0.5, 0.6) is 0 Å². The first kappa shape index (κ1) is 13.2. The minimum absolute atomic E-state index is 0.0366. The Kier molecular flexibility index (Phi) is 4.50. The highest BCUT2D eigenvalue weighted by molar-refractivity contribution is 7.11. The number of likely N-dealkylation sites (N-methyl/N-ethyl adjacent to an activating group) is 1. The van der Waals surface area contributed by atoms with Gasteiger partial charge >= 0.3 is 0 Å². The van der Waals surface area contributed by atoms with Crippen molar-refractivity contribution < 1.29 is 4.39 Å². The largest absolute Gasteiger partial charge is 0.313 e. The molecule has 0 aliphatic carbocycles. The van der Waals surface area contributed by atoms with Crippen LogP contribution in [0.2, 0.25) is 0 Å². The van der Waals surface area contributed by atoms with E-state index in [1.54, 1.807) is 6.07 Å². The zero-order valence-electron chi connectivity index (χ0n) is 10.7. The van der Waals surface area contributed by atoms with Gasteiger partial charge in [-0.1, -0.05) is 25.1 Å². The second-order valence-corrected chi connectivity index (χ2v) is 5.54. The lowest BCUT2D eigenvalue weighted by molar-refractivity contribution is 0.536. The topological polar surface area (TPSA) is 12.0 Å². The van der Waals surface area contributed by atoms with Crippen LogP contribution in [0.15, 0.2) is 36.4 Å². The van der Waals surface area contributed by atoms with Crippen molar-refractivity contribution >= 4 is 11.3 Å². The average Bonchev–Trinajstić information content (AvgIpc) is 2.85. The standard InChI is InChI=1S/C15H18FNS/c1-3-11-8-9-12(18-11)10-15(17-2)13-6-4-5-7-14(13)16/h4-9,15,17H,3,10H2,1-2H3. The molecule has 0 spiro atoms. The number of nitrogens with one attached hydrogen (secondary N) is 1. The predicted octanol–water partition coefficient (Wildman–Crippen LogP) is 3.95. The summed E-state index contributed by atoms with van der Waals surface area (Å²) in [6.07, 6.45) is 1.90. The Labute approximate surface area is 112 Å². The Morgan fingerprint density at radius 2 is 1.89 bits per heavy atom. The van der Waals surface area contributed by atoms with E-state index in [4.69, 9.17) is 0 Å². The Morgan fingerprint density at radius 1 is 1.17 bits per heavy atom. The van der Waals surface area contributed by atoms with Crippen molar-refractivity contribution in [1.29, 1.82) is 0 Å². The van der Waals surface area contributed by atoms with Crippen LogP contribution in [-0.4, -0.2) is 7.05 Å². The van der Waals surface area contributed by atoms with Crippen molar-refractivity contribution in [3.63, 3.8) is 0 Å². The van der Waals surface area contributed by atoms with Crippen molar-refractivity contribution in [1.82, 2.24) is 5.32 Å². The summed E-state index contributed by atoms with van der Waals surface area (Å²) in [6.45, 7) is 2.15. The first-order chi connectivity index (χ1) is 8.74. The molecule has 2 aromatic rings. The van der Waals surface area contributed by atoms with Crippen LogP contribution in [0.25, 0.3) is 0 Å². The van der Waals surface area contributed by atoms with Crippen molar-refractivity contribution in [3.8, 4) is 0 Å². The molecule has 1 nitrogen and oxygen atoms in total. The van der Waals surface area contributed by atoms with Gasteiger partial charge in [-0.05, 0) is 31.7 Å². The van der Waals surface area contributed by atoms with Crippen molar-refractivity contribution in [2.24, 2.45) is 0 Å². The molecule has 0 fully saturated rings. The molecule has 1 aromatic heterocycles. The van der Waals surface area contributed by atoms with Crippen molar-refractivity contribution in [2.45, 2.75) is 25.8 Å². The summed E-state index contributed by atoms with van der Waals surface area (Å²) in [4.78, 5) is 2.68. The third-order valence-electron chi connectivity index (χ3n) is 3.10. The molecule has 96 valence electrons. The molecule has 2 rings (SSSR count). The number of hydrogen-bond donors (Lipinski definition) is 1. The highest BCUT2D eigenvalue weighted by Crippen LogP contribution is 2.25. The summed E-state index contributed by atoms with van der Waals surface area (Å²) in [5.74, 6) is -0.135. The van der Waals surface area contributed by atoms with Crippen molar-refractivity contribution in [3.05, 3.63) is 57.5 Å². The van der Waals surface area contributed by atoms with E-state index in [1.807, 2.05) is 30.5 Å². The van der Waals surface area contributed by atoms with Crippen LogP contribution in [0.4, 0.5) is 4.39 Å². The predicted molar refractivity (Wildman–Crippen MR) is 75.6 cm³/mol.